The number of nitrogens with zero attached hydrogens (tertiary/aromatic N) is 4. The third kappa shape index (κ3) is 2.20. The highest BCUT2D eigenvalue weighted by Crippen LogP contribution is 2.29. The molecule has 21 heavy (non-hydrogen) atoms. The summed E-state index contributed by atoms with van der Waals surface area (Å²) >= 11 is 5.98. The maximum atomic E-state index is 8.98. The Bertz CT molecular complexity index is 879. The second-order valence-corrected chi connectivity index (χ2v) is 4.91. The van der Waals surface area contributed by atoms with Gasteiger partial charge in [-0.2, -0.15) is 10.4 Å². The predicted molar refractivity (Wildman–Crippen MR) is 79.9 cm³/mol. The standard InChI is InChI=1S/C15H11ClN4O/c1-9-11-8-18-15(16)6-13(11)20(19-9)12-4-3-10(7-17)5-14(12)21-2/h3-6,8H,1-2H3. The van der Waals surface area contributed by atoms with Crippen LogP contribution in [0.3, 0.4) is 0 Å². The Labute approximate surface area is 126 Å². The van der Waals surface area contributed by atoms with Gasteiger partial charge in [-0.15, -0.1) is 0 Å². The van der Waals surface area contributed by atoms with Crippen LogP contribution in [0.5, 0.6) is 5.75 Å². The number of aromatic nitrogens is 3. The van der Waals surface area contributed by atoms with Gasteiger partial charge in [0.15, 0.2) is 0 Å². The van der Waals surface area contributed by atoms with Crippen LogP contribution in [0.25, 0.3) is 16.6 Å². The monoisotopic (exact) mass is 298 g/mol. The molecule has 0 atom stereocenters. The summed E-state index contributed by atoms with van der Waals surface area (Å²) < 4.78 is 7.12. The number of aryl methyl sites for hydroxylation is 1. The van der Waals surface area contributed by atoms with Crippen LogP contribution in [0, 0.1) is 18.3 Å². The zero-order valence-electron chi connectivity index (χ0n) is 11.5. The van der Waals surface area contributed by atoms with Crippen molar-refractivity contribution in [1.82, 2.24) is 14.8 Å². The smallest absolute Gasteiger partial charge is 0.145 e. The van der Waals surface area contributed by atoms with Crippen LogP contribution in [0.15, 0.2) is 30.5 Å². The lowest BCUT2D eigenvalue weighted by atomic mass is 10.2. The molecule has 2 aromatic heterocycles. The normalized spacial score (nSPS) is 10.6. The lowest BCUT2D eigenvalue weighted by molar-refractivity contribution is 0.412. The van der Waals surface area contributed by atoms with Gasteiger partial charge in [0.05, 0.1) is 30.0 Å². The van der Waals surface area contributed by atoms with Gasteiger partial charge >= 0.3 is 0 Å². The fourth-order valence-corrected chi connectivity index (χ4v) is 2.39. The summed E-state index contributed by atoms with van der Waals surface area (Å²) in [4.78, 5) is 4.08. The van der Waals surface area contributed by atoms with Gasteiger partial charge < -0.3 is 4.74 Å². The first-order chi connectivity index (χ1) is 10.1. The highest BCUT2D eigenvalue weighted by atomic mass is 35.5. The summed E-state index contributed by atoms with van der Waals surface area (Å²) in [6.07, 6.45) is 1.70. The van der Waals surface area contributed by atoms with E-state index in [1.54, 1.807) is 42.3 Å². The molecule has 0 N–H and O–H groups in total. The Morgan fingerprint density at radius 1 is 1.33 bits per heavy atom. The molecule has 0 fully saturated rings. The van der Waals surface area contributed by atoms with Crippen LogP contribution >= 0.6 is 11.6 Å². The van der Waals surface area contributed by atoms with Crippen molar-refractivity contribution in [1.29, 1.82) is 5.26 Å². The zero-order chi connectivity index (χ0) is 15.0. The molecule has 1 aromatic carbocycles. The lowest BCUT2D eigenvalue weighted by Crippen LogP contribution is -2.00. The van der Waals surface area contributed by atoms with E-state index >= 15 is 0 Å². The van der Waals surface area contributed by atoms with Crippen LogP contribution in [0.1, 0.15) is 11.3 Å². The summed E-state index contributed by atoms with van der Waals surface area (Å²) in [5.74, 6) is 0.575. The molecule has 0 unspecified atom stereocenters. The first-order valence-electron chi connectivity index (χ1n) is 6.23. The quantitative estimate of drug-likeness (QED) is 0.681. The molecular formula is C15H11ClN4O. The number of benzene rings is 1. The van der Waals surface area contributed by atoms with Gasteiger partial charge in [0.1, 0.15) is 16.6 Å². The molecule has 6 heteroatoms. The van der Waals surface area contributed by atoms with Gasteiger partial charge in [-0.25, -0.2) is 9.67 Å². The van der Waals surface area contributed by atoms with Gasteiger partial charge in [-0.1, -0.05) is 11.6 Å². The van der Waals surface area contributed by atoms with Crippen molar-refractivity contribution < 1.29 is 4.74 Å². The average Bonchev–Trinajstić information content (AvgIpc) is 2.82. The Kier molecular flexibility index (Phi) is 3.24. The van der Waals surface area contributed by atoms with Crippen LogP contribution in [-0.4, -0.2) is 21.9 Å². The third-order valence-electron chi connectivity index (χ3n) is 3.25. The van der Waals surface area contributed by atoms with Crippen molar-refractivity contribution in [3.8, 4) is 17.5 Å². The SMILES string of the molecule is COc1cc(C#N)ccc1-n1nc(C)c2cnc(Cl)cc21. The van der Waals surface area contributed by atoms with Crippen LogP contribution in [-0.2, 0) is 0 Å². The Morgan fingerprint density at radius 2 is 2.14 bits per heavy atom. The Balaban J connectivity index is 2.30. The van der Waals surface area contributed by atoms with E-state index in [0.717, 1.165) is 22.3 Å². The topological polar surface area (TPSA) is 63.7 Å². The molecule has 0 saturated carbocycles. The van der Waals surface area contributed by atoms with Crippen LogP contribution < -0.4 is 4.74 Å². The number of ether oxygens (including phenoxy) is 1. The second kappa shape index (κ2) is 5.08. The number of rotatable bonds is 2. The Hall–Kier alpha value is -2.58. The minimum Gasteiger partial charge on any atom is -0.494 e. The zero-order valence-corrected chi connectivity index (χ0v) is 12.2. The molecule has 3 rings (SSSR count). The second-order valence-electron chi connectivity index (χ2n) is 4.52. The number of methoxy groups -OCH3 is 1. The molecule has 104 valence electrons. The summed E-state index contributed by atoms with van der Waals surface area (Å²) in [6, 6.07) is 9.06. The van der Waals surface area contributed by atoms with E-state index in [9.17, 15) is 0 Å². The lowest BCUT2D eigenvalue weighted by Gasteiger charge is -2.09. The molecule has 0 radical (unpaired) electrons. The Morgan fingerprint density at radius 3 is 2.86 bits per heavy atom. The van der Waals surface area contributed by atoms with Crippen molar-refractivity contribution in [3.63, 3.8) is 0 Å². The summed E-state index contributed by atoms with van der Waals surface area (Å²) in [7, 11) is 1.56. The van der Waals surface area contributed by atoms with Gasteiger partial charge in [-0.3, -0.25) is 0 Å². The molecule has 0 spiro atoms. The van der Waals surface area contributed by atoms with Crippen LogP contribution in [0.2, 0.25) is 5.15 Å². The molecule has 0 bridgehead atoms. The van der Waals surface area contributed by atoms with Crippen molar-refractivity contribution >= 4 is 22.5 Å². The average molecular weight is 299 g/mol. The summed E-state index contributed by atoms with van der Waals surface area (Å²) in [5.41, 5.74) is 2.97. The van der Waals surface area contributed by atoms with Crippen molar-refractivity contribution in [2.75, 3.05) is 7.11 Å². The van der Waals surface area contributed by atoms with Gasteiger partial charge in [0.25, 0.3) is 0 Å². The summed E-state index contributed by atoms with van der Waals surface area (Å²) in [6.45, 7) is 1.91. The number of hydrogen-bond acceptors (Lipinski definition) is 4. The minimum atomic E-state index is 0.399. The molecule has 0 aliphatic heterocycles. The highest BCUT2D eigenvalue weighted by molar-refractivity contribution is 6.30. The molecular weight excluding hydrogens is 288 g/mol. The van der Waals surface area contributed by atoms with Crippen molar-refractivity contribution in [3.05, 3.63) is 46.9 Å². The van der Waals surface area contributed by atoms with E-state index < -0.39 is 0 Å². The van der Waals surface area contributed by atoms with E-state index in [1.807, 2.05) is 6.92 Å². The van der Waals surface area contributed by atoms with Crippen molar-refractivity contribution in [2.24, 2.45) is 0 Å². The molecule has 3 aromatic rings. The molecule has 0 aliphatic rings. The number of pyridine rings is 1. The molecule has 2 heterocycles. The van der Waals surface area contributed by atoms with Crippen LogP contribution in [0.4, 0.5) is 0 Å². The van der Waals surface area contributed by atoms with Gasteiger partial charge in [0, 0.05) is 23.7 Å². The summed E-state index contributed by atoms with van der Waals surface area (Å²) in [5, 5.41) is 14.8. The first-order valence-corrected chi connectivity index (χ1v) is 6.61. The van der Waals surface area contributed by atoms with E-state index in [4.69, 9.17) is 21.6 Å². The largest absolute Gasteiger partial charge is 0.494 e. The maximum Gasteiger partial charge on any atom is 0.145 e. The van der Waals surface area contributed by atoms with E-state index in [1.165, 1.54) is 0 Å². The fourth-order valence-electron chi connectivity index (χ4n) is 2.24. The molecule has 0 aliphatic carbocycles. The van der Waals surface area contributed by atoms with E-state index in [-0.39, 0.29) is 0 Å². The maximum absolute atomic E-state index is 8.98. The molecule has 0 saturated heterocycles. The number of hydrogen-bond donors (Lipinski definition) is 0. The third-order valence-corrected chi connectivity index (χ3v) is 3.46. The number of fused-ring (bicyclic) bond motifs is 1. The van der Waals surface area contributed by atoms with Crippen molar-refractivity contribution in [2.45, 2.75) is 6.92 Å². The molecule has 5 nitrogen and oxygen atoms in total. The number of halogens is 1. The first kappa shape index (κ1) is 13.4. The minimum absolute atomic E-state index is 0.399. The van der Waals surface area contributed by atoms with E-state index in [0.29, 0.717) is 16.5 Å². The fraction of sp³-hybridized carbons (Fsp3) is 0.133. The highest BCUT2D eigenvalue weighted by Gasteiger charge is 2.14. The van der Waals surface area contributed by atoms with Gasteiger partial charge in [0.2, 0.25) is 0 Å². The predicted octanol–water partition coefficient (Wildman–Crippen LogP) is 3.26. The number of nitriles is 1. The van der Waals surface area contributed by atoms with Gasteiger partial charge in [-0.05, 0) is 19.1 Å². The molecule has 0 amide bonds. The van der Waals surface area contributed by atoms with E-state index in [2.05, 4.69) is 16.2 Å².